The number of carbonyl (C=O) groups is 1. The Labute approximate surface area is 127 Å². The topological polar surface area (TPSA) is 42.0 Å². The molecule has 0 spiro atoms. The van der Waals surface area contributed by atoms with Crippen molar-refractivity contribution in [3.8, 4) is 0 Å². The van der Waals surface area contributed by atoms with Gasteiger partial charge in [-0.05, 0) is 38.1 Å². The number of amides is 1. The zero-order valence-electron chi connectivity index (χ0n) is 13.1. The molecule has 3 saturated heterocycles. The van der Waals surface area contributed by atoms with E-state index in [0.717, 1.165) is 32.5 Å². The minimum atomic E-state index is -0.127. The fourth-order valence-electron chi connectivity index (χ4n) is 3.81. The Hall–Kier alpha value is -0.650. The fourth-order valence-corrected chi connectivity index (χ4v) is 3.81. The number of ether oxygens (including phenoxy) is 2. The molecule has 0 saturated carbocycles. The lowest BCUT2D eigenvalue weighted by Gasteiger charge is -2.39. The van der Waals surface area contributed by atoms with Crippen molar-refractivity contribution in [3.05, 3.63) is 0 Å². The third kappa shape index (κ3) is 3.76. The molecule has 21 heavy (non-hydrogen) atoms. The van der Waals surface area contributed by atoms with E-state index in [9.17, 15) is 4.79 Å². The first-order valence-corrected chi connectivity index (χ1v) is 8.49. The van der Waals surface area contributed by atoms with Crippen LogP contribution in [0.1, 0.15) is 39.0 Å². The predicted molar refractivity (Wildman–Crippen MR) is 79.9 cm³/mol. The highest BCUT2D eigenvalue weighted by atomic mass is 16.7. The Morgan fingerprint density at radius 3 is 2.67 bits per heavy atom. The SMILES string of the molecule is C[C@H]1CCCN(C(=O)CN2CCCC[C@@H]2C2OCCO2)C1. The summed E-state index contributed by atoms with van der Waals surface area (Å²) >= 11 is 0. The molecule has 3 rings (SSSR count). The molecule has 0 N–H and O–H groups in total. The highest BCUT2D eigenvalue weighted by molar-refractivity contribution is 5.78. The van der Waals surface area contributed by atoms with Gasteiger partial charge in [0.2, 0.25) is 5.91 Å². The Morgan fingerprint density at radius 2 is 1.90 bits per heavy atom. The fraction of sp³-hybridized carbons (Fsp3) is 0.938. The molecule has 3 fully saturated rings. The van der Waals surface area contributed by atoms with Crippen LogP contribution in [0.4, 0.5) is 0 Å². The van der Waals surface area contributed by atoms with Gasteiger partial charge in [-0.2, -0.15) is 0 Å². The van der Waals surface area contributed by atoms with Crippen molar-refractivity contribution >= 4 is 5.91 Å². The van der Waals surface area contributed by atoms with E-state index >= 15 is 0 Å². The molecule has 3 aliphatic heterocycles. The second-order valence-electron chi connectivity index (χ2n) is 6.73. The molecule has 0 radical (unpaired) electrons. The number of likely N-dealkylation sites (tertiary alicyclic amines) is 2. The number of hydrogen-bond donors (Lipinski definition) is 0. The van der Waals surface area contributed by atoms with E-state index in [-0.39, 0.29) is 18.2 Å². The summed E-state index contributed by atoms with van der Waals surface area (Å²) in [6.45, 7) is 6.98. The molecule has 3 aliphatic rings. The average Bonchev–Trinajstić information content (AvgIpc) is 3.02. The van der Waals surface area contributed by atoms with Crippen molar-refractivity contribution in [3.63, 3.8) is 0 Å². The van der Waals surface area contributed by atoms with Gasteiger partial charge in [-0.25, -0.2) is 0 Å². The second-order valence-corrected chi connectivity index (χ2v) is 6.73. The van der Waals surface area contributed by atoms with Gasteiger partial charge >= 0.3 is 0 Å². The molecule has 0 unspecified atom stereocenters. The lowest BCUT2D eigenvalue weighted by molar-refractivity contribution is -0.141. The molecule has 0 aromatic rings. The van der Waals surface area contributed by atoms with E-state index in [0.29, 0.717) is 25.7 Å². The third-order valence-electron chi connectivity index (χ3n) is 4.97. The Balaban J connectivity index is 1.57. The van der Waals surface area contributed by atoms with Crippen LogP contribution in [0.5, 0.6) is 0 Å². The van der Waals surface area contributed by atoms with E-state index < -0.39 is 0 Å². The van der Waals surface area contributed by atoms with Crippen molar-refractivity contribution in [2.24, 2.45) is 5.92 Å². The van der Waals surface area contributed by atoms with Crippen LogP contribution in [0.15, 0.2) is 0 Å². The lowest BCUT2D eigenvalue weighted by atomic mass is 9.99. The minimum Gasteiger partial charge on any atom is -0.349 e. The summed E-state index contributed by atoms with van der Waals surface area (Å²) in [4.78, 5) is 16.9. The van der Waals surface area contributed by atoms with Crippen molar-refractivity contribution in [2.75, 3.05) is 39.4 Å². The van der Waals surface area contributed by atoms with Crippen LogP contribution in [0.2, 0.25) is 0 Å². The number of carbonyl (C=O) groups excluding carboxylic acids is 1. The van der Waals surface area contributed by atoms with E-state index in [1.165, 1.54) is 19.3 Å². The molecule has 120 valence electrons. The third-order valence-corrected chi connectivity index (χ3v) is 4.97. The van der Waals surface area contributed by atoms with Crippen LogP contribution in [0, 0.1) is 5.92 Å². The van der Waals surface area contributed by atoms with Gasteiger partial charge in [0.15, 0.2) is 6.29 Å². The van der Waals surface area contributed by atoms with Gasteiger partial charge in [-0.1, -0.05) is 13.3 Å². The van der Waals surface area contributed by atoms with E-state index in [1.54, 1.807) is 0 Å². The van der Waals surface area contributed by atoms with Crippen molar-refractivity contribution in [1.29, 1.82) is 0 Å². The molecule has 0 bridgehead atoms. The summed E-state index contributed by atoms with van der Waals surface area (Å²) in [5.74, 6) is 0.924. The Kier molecular flexibility index (Phi) is 5.14. The van der Waals surface area contributed by atoms with Crippen LogP contribution in [0.25, 0.3) is 0 Å². The van der Waals surface area contributed by atoms with Crippen molar-refractivity contribution in [2.45, 2.75) is 51.4 Å². The second kappa shape index (κ2) is 7.07. The zero-order valence-corrected chi connectivity index (χ0v) is 13.1. The Morgan fingerprint density at radius 1 is 1.10 bits per heavy atom. The maximum atomic E-state index is 12.6. The zero-order chi connectivity index (χ0) is 14.7. The van der Waals surface area contributed by atoms with Crippen molar-refractivity contribution < 1.29 is 14.3 Å². The highest BCUT2D eigenvalue weighted by Crippen LogP contribution is 2.25. The van der Waals surface area contributed by atoms with Crippen LogP contribution in [-0.2, 0) is 14.3 Å². The lowest BCUT2D eigenvalue weighted by Crippen LogP contribution is -2.52. The molecule has 0 aliphatic carbocycles. The first kappa shape index (κ1) is 15.3. The normalized spacial score (nSPS) is 32.5. The van der Waals surface area contributed by atoms with Crippen LogP contribution >= 0.6 is 0 Å². The van der Waals surface area contributed by atoms with Crippen LogP contribution in [0.3, 0.4) is 0 Å². The molecular formula is C16H28N2O3. The monoisotopic (exact) mass is 296 g/mol. The molecule has 0 aromatic heterocycles. The van der Waals surface area contributed by atoms with Gasteiger partial charge in [0, 0.05) is 13.1 Å². The summed E-state index contributed by atoms with van der Waals surface area (Å²) in [7, 11) is 0. The quantitative estimate of drug-likeness (QED) is 0.791. The maximum Gasteiger partial charge on any atom is 0.236 e. The van der Waals surface area contributed by atoms with Crippen LogP contribution < -0.4 is 0 Å². The standard InChI is InChI=1S/C16H28N2O3/c1-13-5-4-8-18(11-13)15(19)12-17-7-3-2-6-14(17)16-20-9-10-21-16/h13-14,16H,2-12H2,1H3/t13-,14+/m0/s1. The van der Waals surface area contributed by atoms with E-state index in [1.807, 2.05) is 0 Å². The first-order valence-electron chi connectivity index (χ1n) is 8.49. The number of hydrogen-bond acceptors (Lipinski definition) is 4. The molecule has 5 heteroatoms. The number of rotatable bonds is 3. The predicted octanol–water partition coefficient (Wildman–Crippen LogP) is 1.47. The smallest absolute Gasteiger partial charge is 0.236 e. The average molecular weight is 296 g/mol. The summed E-state index contributed by atoms with van der Waals surface area (Å²) in [6, 6.07) is 0.257. The van der Waals surface area contributed by atoms with Gasteiger partial charge in [0.1, 0.15) is 0 Å². The summed E-state index contributed by atoms with van der Waals surface area (Å²) in [5, 5.41) is 0. The van der Waals surface area contributed by atoms with Gasteiger partial charge in [0.25, 0.3) is 0 Å². The largest absolute Gasteiger partial charge is 0.349 e. The molecule has 5 nitrogen and oxygen atoms in total. The van der Waals surface area contributed by atoms with E-state index in [4.69, 9.17) is 9.47 Å². The molecule has 3 heterocycles. The highest BCUT2D eigenvalue weighted by Gasteiger charge is 2.35. The summed E-state index contributed by atoms with van der Waals surface area (Å²) < 4.78 is 11.4. The number of nitrogens with zero attached hydrogens (tertiary/aromatic N) is 2. The van der Waals surface area contributed by atoms with Crippen LogP contribution in [-0.4, -0.2) is 67.4 Å². The summed E-state index contributed by atoms with van der Waals surface area (Å²) in [6.07, 6.45) is 5.73. The summed E-state index contributed by atoms with van der Waals surface area (Å²) in [5.41, 5.74) is 0. The Bertz CT molecular complexity index is 357. The maximum absolute atomic E-state index is 12.6. The first-order chi connectivity index (χ1) is 10.2. The number of piperidine rings is 2. The van der Waals surface area contributed by atoms with Gasteiger partial charge in [0.05, 0.1) is 25.8 Å². The minimum absolute atomic E-state index is 0.127. The molecular weight excluding hydrogens is 268 g/mol. The molecule has 1 amide bonds. The van der Waals surface area contributed by atoms with E-state index in [2.05, 4.69) is 16.7 Å². The van der Waals surface area contributed by atoms with Gasteiger partial charge in [-0.15, -0.1) is 0 Å². The van der Waals surface area contributed by atoms with Gasteiger partial charge in [-0.3, -0.25) is 9.69 Å². The molecule has 2 atom stereocenters. The molecule has 0 aromatic carbocycles. The van der Waals surface area contributed by atoms with Crippen molar-refractivity contribution in [1.82, 2.24) is 9.80 Å². The van der Waals surface area contributed by atoms with Gasteiger partial charge < -0.3 is 14.4 Å².